The molecule has 0 aromatic heterocycles. The molecule has 0 spiro atoms. The summed E-state index contributed by atoms with van der Waals surface area (Å²) in [5.41, 5.74) is 14.9. The van der Waals surface area contributed by atoms with E-state index in [1.807, 2.05) is 0 Å². The van der Waals surface area contributed by atoms with Gasteiger partial charge in [0.1, 0.15) is 0 Å². The van der Waals surface area contributed by atoms with Gasteiger partial charge >= 0.3 is 0 Å². The zero-order valence-corrected chi connectivity index (χ0v) is 22.2. The van der Waals surface area contributed by atoms with Crippen molar-refractivity contribution < 1.29 is 0 Å². The third-order valence-electron chi connectivity index (χ3n) is 8.17. The van der Waals surface area contributed by atoms with Crippen LogP contribution >= 0.6 is 15.9 Å². The van der Waals surface area contributed by atoms with Crippen molar-refractivity contribution in [3.05, 3.63) is 135 Å². The van der Waals surface area contributed by atoms with Gasteiger partial charge in [-0.05, 0) is 103 Å². The topological polar surface area (TPSA) is 0 Å². The largest absolute Gasteiger partial charge is 0.0918 e. The number of fused-ring (bicyclic) bond motifs is 4. The number of benzene rings is 4. The Morgan fingerprint density at radius 2 is 1.61 bits per heavy atom. The summed E-state index contributed by atoms with van der Waals surface area (Å²) in [6.45, 7) is 8.72. The van der Waals surface area contributed by atoms with Crippen molar-refractivity contribution in [1.29, 1.82) is 0 Å². The van der Waals surface area contributed by atoms with Gasteiger partial charge < -0.3 is 0 Å². The van der Waals surface area contributed by atoms with Crippen LogP contribution in [0.5, 0.6) is 0 Å². The van der Waals surface area contributed by atoms with Crippen LogP contribution in [0.1, 0.15) is 53.0 Å². The van der Waals surface area contributed by atoms with E-state index in [0.717, 1.165) is 16.5 Å². The van der Waals surface area contributed by atoms with Crippen LogP contribution in [0.3, 0.4) is 0 Å². The van der Waals surface area contributed by atoms with E-state index in [-0.39, 0.29) is 5.92 Å². The summed E-state index contributed by atoms with van der Waals surface area (Å²) in [7, 11) is 0. The molecule has 0 amide bonds. The Bertz CT molecular complexity index is 1680. The number of halogens is 1. The van der Waals surface area contributed by atoms with Gasteiger partial charge in [-0.2, -0.15) is 0 Å². The summed E-state index contributed by atoms with van der Waals surface area (Å²) in [5.74, 6) is 0.727. The maximum absolute atomic E-state index is 4.16. The molecule has 1 heteroatoms. The first-order chi connectivity index (χ1) is 17.5. The van der Waals surface area contributed by atoms with E-state index in [4.69, 9.17) is 0 Å². The third-order valence-corrected chi connectivity index (χ3v) is 9.02. The Kier molecular flexibility index (Phi) is 4.88. The second kappa shape index (κ2) is 8.05. The predicted octanol–water partition coefficient (Wildman–Crippen LogP) is 10.3. The summed E-state index contributed by atoms with van der Waals surface area (Å²) in [6, 6.07) is 22.7. The van der Waals surface area contributed by atoms with Crippen molar-refractivity contribution in [3.63, 3.8) is 0 Å². The van der Waals surface area contributed by atoms with Gasteiger partial charge in [-0.3, -0.25) is 0 Å². The van der Waals surface area contributed by atoms with Gasteiger partial charge in [-0.1, -0.05) is 108 Å². The summed E-state index contributed by atoms with van der Waals surface area (Å²) in [4.78, 5) is 0. The zero-order chi connectivity index (χ0) is 24.6. The fraction of sp³-hybridized carbons (Fsp3) is 0.143. The highest BCUT2D eigenvalue weighted by atomic mass is 79.9. The van der Waals surface area contributed by atoms with E-state index in [1.165, 1.54) is 66.4 Å². The second-order valence-corrected chi connectivity index (χ2v) is 11.2. The molecule has 3 aliphatic carbocycles. The normalized spacial score (nSPS) is 17.9. The van der Waals surface area contributed by atoms with Gasteiger partial charge in [-0.25, -0.2) is 0 Å². The highest BCUT2D eigenvalue weighted by Crippen LogP contribution is 2.58. The molecule has 0 aliphatic heterocycles. The van der Waals surface area contributed by atoms with Gasteiger partial charge in [0, 0.05) is 10.4 Å². The van der Waals surface area contributed by atoms with Crippen LogP contribution in [0.4, 0.5) is 0 Å². The lowest BCUT2D eigenvalue weighted by Crippen LogP contribution is -2.04. The molecule has 174 valence electrons. The smallest absolute Gasteiger partial charge is 0.0217 e. The maximum Gasteiger partial charge on any atom is 0.0217 e. The van der Waals surface area contributed by atoms with Gasteiger partial charge in [0.25, 0.3) is 0 Å². The molecular formula is C35H27Br. The highest BCUT2D eigenvalue weighted by Gasteiger charge is 2.36. The van der Waals surface area contributed by atoms with Crippen molar-refractivity contribution in [2.24, 2.45) is 0 Å². The molecule has 1 atom stereocenters. The van der Waals surface area contributed by atoms with Crippen molar-refractivity contribution >= 4 is 32.3 Å². The Hall–Kier alpha value is -3.42. The SMILES string of the molecule is C=C1C=CC(c2c3c(c(-c4ccccc4)c4cc(C)c(Br)cc24)C2=CCC(C)c4cccc-3c42)C=C1. The van der Waals surface area contributed by atoms with Crippen LogP contribution < -0.4 is 0 Å². The molecule has 36 heavy (non-hydrogen) atoms. The molecule has 0 bridgehead atoms. The molecule has 0 N–H and O–H groups in total. The number of aryl methyl sites for hydroxylation is 1. The van der Waals surface area contributed by atoms with Crippen molar-refractivity contribution in [2.75, 3.05) is 0 Å². The van der Waals surface area contributed by atoms with Gasteiger partial charge in [0.2, 0.25) is 0 Å². The Labute approximate surface area is 221 Å². The van der Waals surface area contributed by atoms with Crippen LogP contribution in [0.15, 0.2) is 108 Å². The third kappa shape index (κ3) is 3.06. The summed E-state index contributed by atoms with van der Waals surface area (Å²) in [5, 5.41) is 2.65. The molecular weight excluding hydrogens is 500 g/mol. The van der Waals surface area contributed by atoms with E-state index in [2.05, 4.69) is 127 Å². The highest BCUT2D eigenvalue weighted by molar-refractivity contribution is 9.10. The summed E-state index contributed by atoms with van der Waals surface area (Å²) in [6.07, 6.45) is 12.6. The van der Waals surface area contributed by atoms with E-state index in [1.54, 1.807) is 0 Å². The van der Waals surface area contributed by atoms with E-state index in [9.17, 15) is 0 Å². The molecule has 4 aromatic rings. The minimum Gasteiger partial charge on any atom is -0.0918 e. The minimum atomic E-state index is 0.195. The molecule has 0 heterocycles. The second-order valence-electron chi connectivity index (χ2n) is 10.4. The van der Waals surface area contributed by atoms with Crippen LogP contribution in [0.2, 0.25) is 0 Å². The first kappa shape index (κ1) is 21.8. The molecule has 7 rings (SSSR count). The average molecular weight is 528 g/mol. The standard InChI is InChI=1S/C35H27Br/c1-20-12-15-24(16-13-20)32-29-19-30(36)22(3)18-28(29)31(23-8-5-4-6-9-23)35-27-17-14-21(2)25-10-7-11-26(33(25)27)34(32)35/h4-13,15-19,21,24H,1,14H2,2-3H3. The lowest BCUT2D eigenvalue weighted by atomic mass is 9.79. The average Bonchev–Trinajstić information content (AvgIpc) is 3.22. The molecule has 0 fully saturated rings. The van der Waals surface area contributed by atoms with Gasteiger partial charge in [-0.15, -0.1) is 0 Å². The first-order valence-electron chi connectivity index (χ1n) is 12.8. The quantitative estimate of drug-likeness (QED) is 0.214. The van der Waals surface area contributed by atoms with Gasteiger partial charge in [0.15, 0.2) is 0 Å². The molecule has 0 radical (unpaired) electrons. The van der Waals surface area contributed by atoms with E-state index in [0.29, 0.717) is 5.92 Å². The molecule has 0 saturated carbocycles. The predicted molar refractivity (Wildman–Crippen MR) is 158 cm³/mol. The van der Waals surface area contributed by atoms with E-state index < -0.39 is 0 Å². The van der Waals surface area contributed by atoms with E-state index >= 15 is 0 Å². The number of hydrogen-bond donors (Lipinski definition) is 0. The van der Waals surface area contributed by atoms with Crippen molar-refractivity contribution in [3.8, 4) is 22.3 Å². The van der Waals surface area contributed by atoms with Gasteiger partial charge in [0.05, 0.1) is 0 Å². The Balaban J connectivity index is 1.72. The van der Waals surface area contributed by atoms with Crippen molar-refractivity contribution in [2.45, 2.75) is 32.1 Å². The molecule has 4 aromatic carbocycles. The number of rotatable bonds is 2. The Morgan fingerprint density at radius 1 is 0.833 bits per heavy atom. The number of allylic oxidation sites excluding steroid dienone is 6. The summed E-state index contributed by atoms with van der Waals surface area (Å²) >= 11 is 3.87. The zero-order valence-electron chi connectivity index (χ0n) is 20.6. The molecule has 0 nitrogen and oxygen atoms in total. The minimum absolute atomic E-state index is 0.195. The maximum atomic E-state index is 4.16. The molecule has 1 unspecified atom stereocenters. The monoisotopic (exact) mass is 526 g/mol. The fourth-order valence-electron chi connectivity index (χ4n) is 6.45. The first-order valence-corrected chi connectivity index (χ1v) is 13.6. The fourth-order valence-corrected chi connectivity index (χ4v) is 6.79. The van der Waals surface area contributed by atoms with Crippen LogP contribution in [0, 0.1) is 6.92 Å². The van der Waals surface area contributed by atoms with Crippen LogP contribution in [-0.4, -0.2) is 0 Å². The van der Waals surface area contributed by atoms with Crippen LogP contribution in [0.25, 0.3) is 38.6 Å². The molecule has 0 saturated heterocycles. The van der Waals surface area contributed by atoms with Crippen LogP contribution in [-0.2, 0) is 0 Å². The molecule has 3 aliphatic rings. The van der Waals surface area contributed by atoms with Crippen molar-refractivity contribution in [1.82, 2.24) is 0 Å². The lowest BCUT2D eigenvalue weighted by molar-refractivity contribution is 0.770. The lowest BCUT2D eigenvalue weighted by Gasteiger charge is -2.24. The number of hydrogen-bond acceptors (Lipinski definition) is 0. The Morgan fingerprint density at radius 3 is 2.39 bits per heavy atom. The summed E-state index contributed by atoms with van der Waals surface area (Å²) < 4.78 is 1.16.